The second-order valence-electron chi connectivity index (χ2n) is 8.08. The third kappa shape index (κ3) is 2.60. The molecule has 4 atom stereocenters. The fourth-order valence-corrected chi connectivity index (χ4v) is 4.94. The highest BCUT2D eigenvalue weighted by atomic mass is 16.5. The van der Waals surface area contributed by atoms with Crippen LogP contribution in [0.25, 0.3) is 0 Å². The SMILES string of the molecule is CN1CCN(C(=O)[C@@H]2[C@@H]3C=C[C@@]4(CN(Cc5cccnc5)C(=O)[C@H]24)O3)CC1. The molecule has 3 fully saturated rings. The Morgan fingerprint density at radius 2 is 2.15 bits per heavy atom. The standard InChI is InChI=1S/C20H24N4O3/c1-22-7-9-23(10-8-22)18(25)16-15-4-5-20(27-15)13-24(19(26)17(16)20)12-14-3-2-6-21-11-14/h2-6,11,15-17H,7-10,12-13H2,1H3/t15-,16+,17-,20-/m0/s1. The molecule has 0 N–H and O–H groups in total. The van der Waals surface area contributed by atoms with Gasteiger partial charge in [0.25, 0.3) is 0 Å². The monoisotopic (exact) mass is 368 g/mol. The number of hydrogen-bond acceptors (Lipinski definition) is 5. The van der Waals surface area contributed by atoms with Crippen molar-refractivity contribution in [1.29, 1.82) is 0 Å². The van der Waals surface area contributed by atoms with Gasteiger partial charge in [0, 0.05) is 45.1 Å². The van der Waals surface area contributed by atoms with Gasteiger partial charge in [0.1, 0.15) is 5.60 Å². The molecule has 4 aliphatic heterocycles. The molecule has 1 aromatic rings. The minimum atomic E-state index is -0.642. The van der Waals surface area contributed by atoms with Gasteiger partial charge in [0.15, 0.2) is 0 Å². The number of piperazine rings is 1. The molecule has 0 aliphatic carbocycles. The highest BCUT2D eigenvalue weighted by molar-refractivity contribution is 5.93. The van der Waals surface area contributed by atoms with Crippen LogP contribution in [0, 0.1) is 11.8 Å². The number of nitrogens with zero attached hydrogens (tertiary/aromatic N) is 4. The van der Waals surface area contributed by atoms with Crippen molar-refractivity contribution in [1.82, 2.24) is 19.7 Å². The summed E-state index contributed by atoms with van der Waals surface area (Å²) in [5, 5.41) is 0. The number of ether oxygens (including phenoxy) is 1. The molecule has 1 aromatic heterocycles. The maximum absolute atomic E-state index is 13.3. The Morgan fingerprint density at radius 3 is 2.89 bits per heavy atom. The average Bonchev–Trinajstić information content (AvgIpc) is 3.31. The molecule has 2 bridgehead atoms. The normalized spacial score (nSPS) is 35.1. The number of carbonyl (C=O) groups excluding carboxylic acids is 2. The highest BCUT2D eigenvalue weighted by Gasteiger charge is 2.67. The van der Waals surface area contributed by atoms with Gasteiger partial charge in [-0.3, -0.25) is 14.6 Å². The Labute approximate surface area is 158 Å². The maximum atomic E-state index is 13.3. The van der Waals surface area contributed by atoms with Crippen LogP contribution in [0.2, 0.25) is 0 Å². The van der Waals surface area contributed by atoms with Gasteiger partial charge in [-0.2, -0.15) is 0 Å². The summed E-state index contributed by atoms with van der Waals surface area (Å²) in [6, 6.07) is 3.84. The van der Waals surface area contributed by atoms with Crippen LogP contribution >= 0.6 is 0 Å². The van der Waals surface area contributed by atoms with E-state index in [0.717, 1.165) is 31.7 Å². The Bertz CT molecular complexity index is 790. The molecule has 4 aliphatic rings. The second kappa shape index (κ2) is 6.14. The molecule has 142 valence electrons. The Morgan fingerprint density at radius 1 is 1.33 bits per heavy atom. The number of aromatic nitrogens is 1. The number of likely N-dealkylation sites (N-methyl/N-ethyl adjacent to an activating group) is 1. The van der Waals surface area contributed by atoms with Crippen LogP contribution in [0.3, 0.4) is 0 Å². The first-order valence-electron chi connectivity index (χ1n) is 9.60. The minimum Gasteiger partial charge on any atom is -0.360 e. The second-order valence-corrected chi connectivity index (χ2v) is 8.08. The van der Waals surface area contributed by atoms with Gasteiger partial charge in [-0.05, 0) is 18.7 Å². The van der Waals surface area contributed by atoms with Gasteiger partial charge < -0.3 is 19.4 Å². The summed E-state index contributed by atoms with van der Waals surface area (Å²) in [5.74, 6) is -0.708. The van der Waals surface area contributed by atoms with Crippen LogP contribution in [0.15, 0.2) is 36.7 Å². The first-order chi connectivity index (χ1) is 13.1. The zero-order chi connectivity index (χ0) is 18.6. The lowest BCUT2D eigenvalue weighted by atomic mass is 9.76. The summed E-state index contributed by atoms with van der Waals surface area (Å²) in [4.78, 5) is 36.6. The minimum absolute atomic E-state index is 0.0261. The van der Waals surface area contributed by atoms with Crippen molar-refractivity contribution in [2.45, 2.75) is 18.2 Å². The predicted octanol–water partition coefficient (Wildman–Crippen LogP) is 0.138. The van der Waals surface area contributed by atoms with E-state index >= 15 is 0 Å². The number of likely N-dealkylation sites (tertiary alicyclic amines) is 1. The van der Waals surface area contributed by atoms with Gasteiger partial charge in [-0.1, -0.05) is 18.2 Å². The van der Waals surface area contributed by atoms with Crippen LogP contribution in [0.1, 0.15) is 5.56 Å². The third-order valence-corrected chi connectivity index (χ3v) is 6.38. The maximum Gasteiger partial charge on any atom is 0.230 e. The fraction of sp³-hybridized carbons (Fsp3) is 0.550. The molecule has 27 heavy (non-hydrogen) atoms. The van der Waals surface area contributed by atoms with E-state index in [1.165, 1.54) is 0 Å². The van der Waals surface area contributed by atoms with Crippen LogP contribution in [-0.4, -0.2) is 83.0 Å². The molecule has 0 unspecified atom stereocenters. The molecule has 2 amide bonds. The Balaban J connectivity index is 1.38. The summed E-state index contributed by atoms with van der Waals surface area (Å²) in [5.41, 5.74) is 0.347. The van der Waals surface area contributed by atoms with Crippen molar-refractivity contribution in [3.63, 3.8) is 0 Å². The average molecular weight is 368 g/mol. The van der Waals surface area contributed by atoms with Crippen LogP contribution in [-0.2, 0) is 20.9 Å². The molecule has 0 saturated carbocycles. The summed E-state index contributed by atoms with van der Waals surface area (Å²) in [6.07, 6.45) is 7.22. The Kier molecular flexibility index (Phi) is 3.84. The molecular formula is C20H24N4O3. The molecule has 7 heteroatoms. The van der Waals surface area contributed by atoms with Gasteiger partial charge in [-0.15, -0.1) is 0 Å². The van der Waals surface area contributed by atoms with E-state index < -0.39 is 17.4 Å². The van der Waals surface area contributed by atoms with Crippen molar-refractivity contribution in [2.24, 2.45) is 11.8 Å². The van der Waals surface area contributed by atoms with Gasteiger partial charge >= 0.3 is 0 Å². The zero-order valence-electron chi connectivity index (χ0n) is 15.5. The van der Waals surface area contributed by atoms with Crippen LogP contribution in [0.5, 0.6) is 0 Å². The molecule has 7 nitrogen and oxygen atoms in total. The first-order valence-corrected chi connectivity index (χ1v) is 9.60. The number of carbonyl (C=O) groups is 2. The van der Waals surface area contributed by atoms with E-state index in [0.29, 0.717) is 13.1 Å². The number of fused-ring (bicyclic) bond motifs is 1. The number of hydrogen-bond donors (Lipinski definition) is 0. The van der Waals surface area contributed by atoms with Crippen molar-refractivity contribution in [2.75, 3.05) is 39.8 Å². The highest BCUT2D eigenvalue weighted by Crippen LogP contribution is 2.52. The van der Waals surface area contributed by atoms with Crippen molar-refractivity contribution in [3.05, 3.63) is 42.2 Å². The smallest absolute Gasteiger partial charge is 0.230 e. The van der Waals surface area contributed by atoms with Gasteiger partial charge in [-0.25, -0.2) is 0 Å². The van der Waals surface area contributed by atoms with E-state index in [4.69, 9.17) is 4.74 Å². The molecule has 1 spiro atoms. The fourth-order valence-electron chi connectivity index (χ4n) is 4.94. The van der Waals surface area contributed by atoms with Crippen molar-refractivity contribution < 1.29 is 14.3 Å². The zero-order valence-corrected chi connectivity index (χ0v) is 15.5. The van der Waals surface area contributed by atoms with E-state index in [1.807, 2.05) is 34.1 Å². The molecule has 5 rings (SSSR count). The van der Waals surface area contributed by atoms with Crippen molar-refractivity contribution >= 4 is 11.8 Å². The number of pyridine rings is 1. The van der Waals surface area contributed by atoms with E-state index in [-0.39, 0.29) is 17.9 Å². The quantitative estimate of drug-likeness (QED) is 0.710. The van der Waals surface area contributed by atoms with E-state index in [2.05, 4.69) is 16.9 Å². The molecular weight excluding hydrogens is 344 g/mol. The largest absolute Gasteiger partial charge is 0.360 e. The van der Waals surface area contributed by atoms with Crippen LogP contribution in [0.4, 0.5) is 0 Å². The van der Waals surface area contributed by atoms with E-state index in [9.17, 15) is 9.59 Å². The lowest BCUT2D eigenvalue weighted by Gasteiger charge is -2.35. The lowest BCUT2D eigenvalue weighted by Crippen LogP contribution is -2.52. The summed E-state index contributed by atoms with van der Waals surface area (Å²) >= 11 is 0. The molecule has 0 radical (unpaired) electrons. The molecule has 0 aromatic carbocycles. The molecule has 5 heterocycles. The summed E-state index contributed by atoms with van der Waals surface area (Å²) < 4.78 is 6.22. The number of amides is 2. The third-order valence-electron chi connectivity index (χ3n) is 6.38. The molecule has 3 saturated heterocycles. The van der Waals surface area contributed by atoms with Gasteiger partial charge in [0.2, 0.25) is 11.8 Å². The van der Waals surface area contributed by atoms with Crippen LogP contribution < -0.4 is 0 Å². The van der Waals surface area contributed by atoms with Crippen molar-refractivity contribution in [3.8, 4) is 0 Å². The predicted molar refractivity (Wildman–Crippen MR) is 97.5 cm³/mol. The first kappa shape index (κ1) is 16.9. The number of rotatable bonds is 3. The Hall–Kier alpha value is -2.25. The summed E-state index contributed by atoms with van der Waals surface area (Å²) in [7, 11) is 2.07. The topological polar surface area (TPSA) is 66.0 Å². The van der Waals surface area contributed by atoms with E-state index in [1.54, 1.807) is 12.4 Å². The lowest BCUT2D eigenvalue weighted by molar-refractivity contribution is -0.144. The van der Waals surface area contributed by atoms with Gasteiger partial charge in [0.05, 0.1) is 24.5 Å². The summed E-state index contributed by atoms with van der Waals surface area (Å²) in [6.45, 7) is 4.19.